The van der Waals surface area contributed by atoms with Crippen molar-refractivity contribution in [2.24, 2.45) is 0 Å². The number of nitrogens with zero attached hydrogens (tertiary/aromatic N) is 2. The SMILES string of the molecule is O=C(Nc1c(C(=O)NCCc2ccccc2)cnn1-c1ccccc1)c1ccccc1. The zero-order valence-electron chi connectivity index (χ0n) is 16.9. The third-order valence-electron chi connectivity index (χ3n) is 4.82. The second kappa shape index (κ2) is 9.54. The van der Waals surface area contributed by atoms with E-state index in [-0.39, 0.29) is 11.8 Å². The van der Waals surface area contributed by atoms with E-state index in [1.54, 1.807) is 28.9 Å². The number of carbonyl (C=O) groups excluding carboxylic acids is 2. The molecule has 0 radical (unpaired) electrons. The number of rotatable bonds is 7. The number of amides is 2. The van der Waals surface area contributed by atoms with Crippen LogP contribution >= 0.6 is 0 Å². The molecule has 3 aromatic carbocycles. The van der Waals surface area contributed by atoms with Gasteiger partial charge in [0.05, 0.1) is 11.9 Å². The zero-order chi connectivity index (χ0) is 21.5. The highest BCUT2D eigenvalue weighted by Crippen LogP contribution is 2.21. The van der Waals surface area contributed by atoms with Gasteiger partial charge in [-0.25, -0.2) is 4.68 Å². The Morgan fingerprint density at radius 2 is 1.39 bits per heavy atom. The van der Waals surface area contributed by atoms with Gasteiger partial charge in [0.1, 0.15) is 11.4 Å². The van der Waals surface area contributed by atoms with E-state index in [2.05, 4.69) is 15.7 Å². The fraction of sp³-hybridized carbons (Fsp3) is 0.0800. The van der Waals surface area contributed by atoms with Crippen molar-refractivity contribution in [2.45, 2.75) is 6.42 Å². The summed E-state index contributed by atoms with van der Waals surface area (Å²) in [4.78, 5) is 25.7. The highest BCUT2D eigenvalue weighted by Gasteiger charge is 2.21. The Morgan fingerprint density at radius 3 is 2.06 bits per heavy atom. The summed E-state index contributed by atoms with van der Waals surface area (Å²) in [5.74, 6) is -0.268. The zero-order valence-corrected chi connectivity index (χ0v) is 16.9. The molecule has 0 saturated carbocycles. The van der Waals surface area contributed by atoms with E-state index in [4.69, 9.17) is 0 Å². The van der Waals surface area contributed by atoms with E-state index >= 15 is 0 Å². The number of aromatic nitrogens is 2. The van der Waals surface area contributed by atoms with Crippen LogP contribution in [0, 0.1) is 0 Å². The average Bonchev–Trinajstić information content (AvgIpc) is 3.24. The minimum atomic E-state index is -0.309. The lowest BCUT2D eigenvalue weighted by Gasteiger charge is -2.12. The van der Waals surface area contributed by atoms with Crippen molar-refractivity contribution >= 4 is 17.6 Å². The molecule has 0 saturated heterocycles. The Kier molecular flexibility index (Phi) is 6.18. The number of hydrogen-bond donors (Lipinski definition) is 2. The minimum absolute atomic E-state index is 0.290. The summed E-state index contributed by atoms with van der Waals surface area (Å²) in [5.41, 5.74) is 2.69. The van der Waals surface area contributed by atoms with Gasteiger partial charge in [-0.3, -0.25) is 9.59 Å². The number of benzene rings is 3. The molecule has 6 heteroatoms. The Balaban J connectivity index is 1.57. The van der Waals surface area contributed by atoms with Crippen LogP contribution in [-0.2, 0) is 6.42 Å². The minimum Gasteiger partial charge on any atom is -0.352 e. The Labute approximate surface area is 180 Å². The standard InChI is InChI=1S/C25H22N4O2/c30-24(20-12-6-2-7-13-20)28-23-22(18-27-29(23)21-14-8-3-9-15-21)25(31)26-17-16-19-10-4-1-5-11-19/h1-15,18H,16-17H2,(H,26,31)(H,28,30). The van der Waals surface area contributed by atoms with Gasteiger partial charge in [0.15, 0.2) is 0 Å². The lowest BCUT2D eigenvalue weighted by atomic mass is 10.1. The van der Waals surface area contributed by atoms with Crippen molar-refractivity contribution in [3.8, 4) is 5.69 Å². The Morgan fingerprint density at radius 1 is 0.774 bits per heavy atom. The molecule has 6 nitrogen and oxygen atoms in total. The molecule has 0 aliphatic heterocycles. The molecule has 0 spiro atoms. The van der Waals surface area contributed by atoms with E-state index in [9.17, 15) is 9.59 Å². The maximum absolute atomic E-state index is 12.9. The predicted octanol–water partition coefficient (Wildman–Crippen LogP) is 4.10. The van der Waals surface area contributed by atoms with Crippen LogP contribution < -0.4 is 10.6 Å². The van der Waals surface area contributed by atoms with Crippen molar-refractivity contribution in [2.75, 3.05) is 11.9 Å². The van der Waals surface area contributed by atoms with Crippen LogP contribution in [-0.4, -0.2) is 28.1 Å². The summed E-state index contributed by atoms with van der Waals surface area (Å²) >= 11 is 0. The molecule has 0 bridgehead atoms. The van der Waals surface area contributed by atoms with Crippen molar-refractivity contribution in [1.29, 1.82) is 0 Å². The second-order valence-corrected chi connectivity index (χ2v) is 6.97. The van der Waals surface area contributed by atoms with Crippen LogP contribution in [0.5, 0.6) is 0 Å². The largest absolute Gasteiger partial charge is 0.352 e. The number of carbonyl (C=O) groups is 2. The third kappa shape index (κ3) is 4.87. The molecule has 154 valence electrons. The van der Waals surface area contributed by atoms with Gasteiger partial charge >= 0.3 is 0 Å². The normalized spacial score (nSPS) is 10.5. The molecule has 1 aromatic heterocycles. The van der Waals surface area contributed by atoms with Gasteiger partial charge in [-0.15, -0.1) is 0 Å². The topological polar surface area (TPSA) is 76.0 Å². The van der Waals surface area contributed by atoms with Crippen LogP contribution in [0.1, 0.15) is 26.3 Å². The summed E-state index contributed by atoms with van der Waals surface area (Å²) in [5, 5.41) is 10.1. The van der Waals surface area contributed by atoms with Gasteiger partial charge in [0.2, 0.25) is 0 Å². The van der Waals surface area contributed by atoms with Crippen molar-refractivity contribution in [3.05, 3.63) is 114 Å². The maximum Gasteiger partial charge on any atom is 0.256 e. The molecule has 0 aliphatic rings. The monoisotopic (exact) mass is 410 g/mol. The van der Waals surface area contributed by atoms with Crippen molar-refractivity contribution in [3.63, 3.8) is 0 Å². The van der Waals surface area contributed by atoms with E-state index in [1.165, 1.54) is 6.20 Å². The molecule has 31 heavy (non-hydrogen) atoms. The molecule has 4 aromatic rings. The van der Waals surface area contributed by atoms with Gasteiger partial charge in [-0.2, -0.15) is 5.10 Å². The van der Waals surface area contributed by atoms with E-state index in [0.29, 0.717) is 29.9 Å². The molecule has 0 atom stereocenters. The molecular formula is C25H22N4O2. The molecule has 0 aliphatic carbocycles. The van der Waals surface area contributed by atoms with Crippen molar-refractivity contribution in [1.82, 2.24) is 15.1 Å². The van der Waals surface area contributed by atoms with Crippen molar-refractivity contribution < 1.29 is 9.59 Å². The molecule has 0 unspecified atom stereocenters. The van der Waals surface area contributed by atoms with Crippen LogP contribution in [0.25, 0.3) is 5.69 Å². The van der Waals surface area contributed by atoms with Crippen LogP contribution in [0.4, 0.5) is 5.82 Å². The lowest BCUT2D eigenvalue weighted by Crippen LogP contribution is -2.27. The average molecular weight is 410 g/mol. The quantitative estimate of drug-likeness (QED) is 0.482. The maximum atomic E-state index is 12.9. The summed E-state index contributed by atoms with van der Waals surface area (Å²) < 4.78 is 1.56. The summed E-state index contributed by atoms with van der Waals surface area (Å²) in [6.07, 6.45) is 2.19. The van der Waals surface area contributed by atoms with Crippen LogP contribution in [0.3, 0.4) is 0 Å². The first-order chi connectivity index (χ1) is 15.2. The summed E-state index contributed by atoms with van der Waals surface area (Å²) in [6.45, 7) is 0.478. The molecule has 4 rings (SSSR count). The number of anilines is 1. The van der Waals surface area contributed by atoms with Gasteiger partial charge in [0, 0.05) is 12.1 Å². The Hall–Kier alpha value is -4.19. The molecule has 2 amide bonds. The fourth-order valence-corrected chi connectivity index (χ4v) is 3.23. The van der Waals surface area contributed by atoms with E-state index in [1.807, 2.05) is 66.7 Å². The van der Waals surface area contributed by atoms with Crippen LogP contribution in [0.15, 0.2) is 97.2 Å². The molecule has 1 heterocycles. The van der Waals surface area contributed by atoms with Gasteiger partial charge in [-0.05, 0) is 36.2 Å². The first-order valence-corrected chi connectivity index (χ1v) is 10.0. The summed E-state index contributed by atoms with van der Waals surface area (Å²) in [7, 11) is 0. The number of nitrogens with one attached hydrogen (secondary N) is 2. The molecular weight excluding hydrogens is 388 g/mol. The fourth-order valence-electron chi connectivity index (χ4n) is 3.23. The first-order valence-electron chi connectivity index (χ1n) is 10.0. The highest BCUT2D eigenvalue weighted by atomic mass is 16.2. The van der Waals surface area contributed by atoms with Gasteiger partial charge in [0.25, 0.3) is 11.8 Å². The van der Waals surface area contributed by atoms with E-state index < -0.39 is 0 Å². The summed E-state index contributed by atoms with van der Waals surface area (Å²) in [6, 6.07) is 28.2. The molecule has 2 N–H and O–H groups in total. The second-order valence-electron chi connectivity index (χ2n) is 6.97. The first kappa shape index (κ1) is 20.1. The third-order valence-corrected chi connectivity index (χ3v) is 4.82. The predicted molar refractivity (Wildman–Crippen MR) is 120 cm³/mol. The lowest BCUT2D eigenvalue weighted by molar-refractivity contribution is 0.0955. The number of hydrogen-bond acceptors (Lipinski definition) is 3. The van der Waals surface area contributed by atoms with Gasteiger partial charge < -0.3 is 10.6 Å². The van der Waals surface area contributed by atoms with E-state index in [0.717, 1.165) is 11.3 Å². The smallest absolute Gasteiger partial charge is 0.256 e. The molecule has 0 fully saturated rings. The highest BCUT2D eigenvalue weighted by molar-refractivity contribution is 6.08. The Bertz CT molecular complexity index is 1160. The van der Waals surface area contributed by atoms with Gasteiger partial charge in [-0.1, -0.05) is 66.7 Å². The van der Waals surface area contributed by atoms with Crippen LogP contribution in [0.2, 0.25) is 0 Å². The number of para-hydroxylation sites is 1.